The summed E-state index contributed by atoms with van der Waals surface area (Å²) in [5, 5.41) is 0.770. The van der Waals surface area contributed by atoms with Crippen molar-refractivity contribution in [3.63, 3.8) is 0 Å². The van der Waals surface area contributed by atoms with E-state index in [1.807, 2.05) is 36.9 Å². The molecule has 23 heavy (non-hydrogen) atoms. The summed E-state index contributed by atoms with van der Waals surface area (Å²) in [5.41, 5.74) is 7.03. The first kappa shape index (κ1) is 22.5. The van der Waals surface area contributed by atoms with Crippen molar-refractivity contribution in [2.75, 3.05) is 26.2 Å². The van der Waals surface area contributed by atoms with Crippen LogP contribution in [0.2, 0.25) is 5.02 Å². The summed E-state index contributed by atoms with van der Waals surface area (Å²) < 4.78 is 0. The van der Waals surface area contributed by atoms with Crippen molar-refractivity contribution in [1.29, 1.82) is 0 Å². The molecule has 1 fully saturated rings. The lowest BCUT2D eigenvalue weighted by Crippen LogP contribution is -2.51. The molecule has 0 aliphatic carbocycles. The number of rotatable bonds is 4. The lowest BCUT2D eigenvalue weighted by atomic mass is 10.0. The molecule has 2 rings (SSSR count). The fourth-order valence-electron chi connectivity index (χ4n) is 2.53. The van der Waals surface area contributed by atoms with E-state index in [4.69, 9.17) is 17.3 Å². The van der Waals surface area contributed by atoms with Crippen LogP contribution < -0.4 is 5.73 Å². The molecule has 132 valence electrons. The fraction of sp³-hybridized carbons (Fsp3) is 0.562. The lowest BCUT2D eigenvalue weighted by Gasteiger charge is -2.36. The molecular formula is C16H26Cl3N3O. The monoisotopic (exact) mass is 381 g/mol. The van der Waals surface area contributed by atoms with Crippen molar-refractivity contribution in [3.05, 3.63) is 34.9 Å². The molecular weight excluding hydrogens is 357 g/mol. The maximum absolute atomic E-state index is 12.3. The molecule has 1 saturated heterocycles. The Hall–Kier alpha value is -0.520. The summed E-state index contributed by atoms with van der Waals surface area (Å²) in [6, 6.07) is 7.85. The number of halogens is 3. The molecule has 1 amide bonds. The average molecular weight is 383 g/mol. The smallest absolute Gasteiger partial charge is 0.227 e. The van der Waals surface area contributed by atoms with Gasteiger partial charge in [-0.25, -0.2) is 0 Å². The zero-order valence-electron chi connectivity index (χ0n) is 13.6. The topological polar surface area (TPSA) is 49.6 Å². The molecule has 1 heterocycles. The minimum Gasteiger partial charge on any atom is -0.340 e. The Bertz CT molecular complexity index is 491. The van der Waals surface area contributed by atoms with E-state index in [0.29, 0.717) is 0 Å². The third-order valence-electron chi connectivity index (χ3n) is 4.16. The molecule has 1 aliphatic rings. The molecule has 1 aliphatic heterocycles. The summed E-state index contributed by atoms with van der Waals surface area (Å²) in [7, 11) is 0. The van der Waals surface area contributed by atoms with Crippen LogP contribution in [-0.4, -0.2) is 47.9 Å². The second kappa shape index (κ2) is 10.4. The Kier molecular flexibility index (Phi) is 10.1. The maximum atomic E-state index is 12.3. The average Bonchev–Trinajstić information content (AvgIpc) is 2.46. The summed E-state index contributed by atoms with van der Waals surface area (Å²) in [6.07, 6.45) is 0. The predicted octanol–water partition coefficient (Wildman–Crippen LogP) is 2.81. The zero-order valence-corrected chi connectivity index (χ0v) is 16.0. The molecule has 0 saturated carbocycles. The number of carbonyl (C=O) groups excluding carboxylic acids is 1. The first-order valence-electron chi connectivity index (χ1n) is 7.48. The van der Waals surface area contributed by atoms with E-state index in [2.05, 4.69) is 11.0 Å². The van der Waals surface area contributed by atoms with Crippen LogP contribution in [0.25, 0.3) is 0 Å². The Morgan fingerprint density at radius 2 is 1.83 bits per heavy atom. The first-order valence-corrected chi connectivity index (χ1v) is 7.86. The Morgan fingerprint density at radius 3 is 2.35 bits per heavy atom. The second-order valence-electron chi connectivity index (χ2n) is 5.88. The Balaban J connectivity index is 0.00000242. The minimum atomic E-state index is -0.107. The normalized spacial score (nSPS) is 17.7. The van der Waals surface area contributed by atoms with Crippen LogP contribution >= 0.6 is 36.4 Å². The van der Waals surface area contributed by atoms with E-state index in [1.165, 1.54) is 5.56 Å². The van der Waals surface area contributed by atoms with Gasteiger partial charge in [0.05, 0.1) is 5.92 Å². The van der Waals surface area contributed by atoms with Gasteiger partial charge in [-0.1, -0.05) is 30.7 Å². The third kappa shape index (κ3) is 6.48. The van der Waals surface area contributed by atoms with Gasteiger partial charge < -0.3 is 10.6 Å². The van der Waals surface area contributed by atoms with Crippen molar-refractivity contribution < 1.29 is 4.79 Å². The van der Waals surface area contributed by atoms with Crippen LogP contribution in [-0.2, 0) is 11.3 Å². The largest absolute Gasteiger partial charge is 0.340 e. The number of nitrogens with zero attached hydrogens (tertiary/aromatic N) is 2. The molecule has 2 unspecified atom stereocenters. The molecule has 0 radical (unpaired) electrons. The van der Waals surface area contributed by atoms with Gasteiger partial charge in [0.15, 0.2) is 0 Å². The van der Waals surface area contributed by atoms with Crippen molar-refractivity contribution in [2.24, 2.45) is 11.7 Å². The van der Waals surface area contributed by atoms with E-state index in [-0.39, 0.29) is 42.7 Å². The van der Waals surface area contributed by atoms with Crippen LogP contribution in [0.3, 0.4) is 0 Å². The number of benzene rings is 1. The Labute approximate surface area is 156 Å². The highest BCUT2D eigenvalue weighted by Crippen LogP contribution is 2.15. The Morgan fingerprint density at radius 1 is 1.22 bits per heavy atom. The van der Waals surface area contributed by atoms with Gasteiger partial charge in [0.25, 0.3) is 0 Å². The summed E-state index contributed by atoms with van der Waals surface area (Å²) in [6.45, 7) is 8.01. The summed E-state index contributed by atoms with van der Waals surface area (Å²) in [4.78, 5) is 16.5. The van der Waals surface area contributed by atoms with Crippen molar-refractivity contribution in [1.82, 2.24) is 9.80 Å². The maximum Gasteiger partial charge on any atom is 0.227 e. The molecule has 0 spiro atoms. The number of piperazine rings is 1. The van der Waals surface area contributed by atoms with Gasteiger partial charge in [0.2, 0.25) is 5.91 Å². The lowest BCUT2D eigenvalue weighted by molar-refractivity contribution is -0.137. The third-order valence-corrected chi connectivity index (χ3v) is 4.39. The van der Waals surface area contributed by atoms with Gasteiger partial charge in [-0.15, -0.1) is 24.8 Å². The highest BCUT2D eigenvalue weighted by Gasteiger charge is 2.26. The molecule has 2 atom stereocenters. The predicted molar refractivity (Wildman–Crippen MR) is 101 cm³/mol. The van der Waals surface area contributed by atoms with E-state index < -0.39 is 0 Å². The van der Waals surface area contributed by atoms with Crippen molar-refractivity contribution in [3.8, 4) is 0 Å². The number of carbonyl (C=O) groups is 1. The van der Waals surface area contributed by atoms with Crippen molar-refractivity contribution >= 4 is 42.3 Å². The second-order valence-corrected chi connectivity index (χ2v) is 6.32. The van der Waals surface area contributed by atoms with Crippen LogP contribution in [0, 0.1) is 5.92 Å². The highest BCUT2D eigenvalue weighted by atomic mass is 35.5. The summed E-state index contributed by atoms with van der Waals surface area (Å²) >= 11 is 6.01. The summed E-state index contributed by atoms with van der Waals surface area (Å²) in [5.74, 6) is 0.0666. The first-order chi connectivity index (χ1) is 9.97. The quantitative estimate of drug-likeness (QED) is 0.871. The molecule has 0 aromatic heterocycles. The highest BCUT2D eigenvalue weighted by molar-refractivity contribution is 6.30. The zero-order chi connectivity index (χ0) is 15.4. The minimum absolute atomic E-state index is 0. The fourth-order valence-corrected chi connectivity index (χ4v) is 2.75. The van der Waals surface area contributed by atoms with Crippen LogP contribution in [0.4, 0.5) is 0 Å². The van der Waals surface area contributed by atoms with Gasteiger partial charge >= 0.3 is 0 Å². The van der Waals surface area contributed by atoms with Gasteiger partial charge in [0, 0.05) is 43.8 Å². The molecule has 7 heteroatoms. The molecule has 1 aromatic rings. The molecule has 4 nitrogen and oxygen atoms in total. The van der Waals surface area contributed by atoms with Crippen LogP contribution in [0.5, 0.6) is 0 Å². The molecule has 0 bridgehead atoms. The van der Waals surface area contributed by atoms with E-state index in [9.17, 15) is 4.79 Å². The number of hydrogen-bond acceptors (Lipinski definition) is 3. The number of hydrogen-bond donors (Lipinski definition) is 1. The molecule has 2 N–H and O–H groups in total. The van der Waals surface area contributed by atoms with Crippen LogP contribution in [0.15, 0.2) is 24.3 Å². The number of amides is 1. The van der Waals surface area contributed by atoms with Gasteiger partial charge in [-0.2, -0.15) is 0 Å². The van der Waals surface area contributed by atoms with E-state index in [0.717, 1.165) is 37.7 Å². The van der Waals surface area contributed by atoms with E-state index in [1.54, 1.807) is 0 Å². The van der Waals surface area contributed by atoms with Crippen molar-refractivity contribution in [2.45, 2.75) is 26.4 Å². The standard InChI is InChI=1S/C16H24ClN3O.2ClH/c1-12(13(2)18)16(21)20-8-6-19(7-9-20)11-14-4-3-5-15(17)10-14;;/h3-5,10,12-13H,6-9,11,18H2,1-2H3;2*1H. The van der Waals surface area contributed by atoms with Gasteiger partial charge in [-0.3, -0.25) is 9.69 Å². The molecule has 1 aromatic carbocycles. The number of nitrogens with two attached hydrogens (primary N) is 1. The SMILES string of the molecule is CC(N)C(C)C(=O)N1CCN(Cc2cccc(Cl)c2)CC1.Cl.Cl. The van der Waals surface area contributed by atoms with Crippen LogP contribution in [0.1, 0.15) is 19.4 Å². The van der Waals surface area contributed by atoms with Gasteiger partial charge in [0.1, 0.15) is 0 Å². The van der Waals surface area contributed by atoms with Gasteiger partial charge in [-0.05, 0) is 24.6 Å². The van der Waals surface area contributed by atoms with E-state index >= 15 is 0 Å².